The van der Waals surface area contributed by atoms with E-state index in [4.69, 9.17) is 10.5 Å². The number of hydrogen-bond donors (Lipinski definition) is 2. The summed E-state index contributed by atoms with van der Waals surface area (Å²) in [5.41, 5.74) is 6.66. The first kappa shape index (κ1) is 17.4. The Bertz CT molecular complexity index is 691. The van der Waals surface area contributed by atoms with Crippen molar-refractivity contribution in [3.8, 4) is 0 Å². The first-order chi connectivity index (χ1) is 11.6. The topological polar surface area (TPSA) is 107 Å². The van der Waals surface area contributed by atoms with Gasteiger partial charge in [-0.25, -0.2) is 9.97 Å². The summed E-state index contributed by atoms with van der Waals surface area (Å²) in [4.78, 5) is 32.0. The van der Waals surface area contributed by atoms with Gasteiger partial charge in [0.15, 0.2) is 11.5 Å². The van der Waals surface area contributed by atoms with E-state index in [2.05, 4.69) is 15.3 Å². The number of carbonyl (C=O) groups is 2. The lowest BCUT2D eigenvalue weighted by atomic mass is 9.99. The first-order valence-electron chi connectivity index (χ1n) is 7.67. The van der Waals surface area contributed by atoms with E-state index in [9.17, 15) is 9.59 Å². The minimum atomic E-state index is -0.491. The van der Waals surface area contributed by atoms with E-state index in [1.807, 2.05) is 30.3 Å². The quantitative estimate of drug-likeness (QED) is 0.740. The van der Waals surface area contributed by atoms with Crippen LogP contribution in [0, 0.1) is 5.92 Å². The third-order valence-electron chi connectivity index (χ3n) is 3.40. The summed E-state index contributed by atoms with van der Waals surface area (Å²) in [6, 6.07) is 9.55. The van der Waals surface area contributed by atoms with Crippen LogP contribution in [0.4, 0.5) is 5.82 Å². The van der Waals surface area contributed by atoms with Crippen LogP contribution in [0.1, 0.15) is 23.0 Å². The number of benzene rings is 1. The summed E-state index contributed by atoms with van der Waals surface area (Å²) in [6.07, 6.45) is 3.26. The lowest BCUT2D eigenvalue weighted by molar-refractivity contribution is -0.147. The zero-order valence-corrected chi connectivity index (χ0v) is 13.4. The Hall–Kier alpha value is -2.96. The van der Waals surface area contributed by atoms with Crippen LogP contribution < -0.4 is 11.1 Å². The van der Waals surface area contributed by atoms with Crippen molar-refractivity contribution in [2.75, 3.05) is 18.9 Å². The number of nitrogen functional groups attached to an aromatic ring is 1. The maximum Gasteiger partial charge on any atom is 0.311 e. The molecule has 0 aliphatic carbocycles. The molecule has 2 aromatic rings. The van der Waals surface area contributed by atoms with Gasteiger partial charge in [0.25, 0.3) is 5.91 Å². The molecule has 7 nitrogen and oxygen atoms in total. The molecule has 0 spiro atoms. The fraction of sp³-hybridized carbons (Fsp3) is 0.294. The van der Waals surface area contributed by atoms with Gasteiger partial charge in [-0.1, -0.05) is 30.3 Å². The van der Waals surface area contributed by atoms with Gasteiger partial charge in [-0.15, -0.1) is 0 Å². The van der Waals surface area contributed by atoms with Crippen molar-refractivity contribution < 1.29 is 14.3 Å². The number of aromatic nitrogens is 2. The van der Waals surface area contributed by atoms with Crippen LogP contribution in [0.3, 0.4) is 0 Å². The molecule has 0 bridgehead atoms. The van der Waals surface area contributed by atoms with Crippen molar-refractivity contribution in [1.82, 2.24) is 15.3 Å². The summed E-state index contributed by atoms with van der Waals surface area (Å²) in [6.45, 7) is 2.16. The Labute approximate surface area is 140 Å². The smallest absolute Gasteiger partial charge is 0.311 e. The van der Waals surface area contributed by atoms with Crippen LogP contribution in [0.15, 0.2) is 42.7 Å². The molecule has 1 heterocycles. The highest BCUT2D eigenvalue weighted by atomic mass is 16.5. The second-order valence-corrected chi connectivity index (χ2v) is 5.14. The van der Waals surface area contributed by atoms with Crippen molar-refractivity contribution >= 4 is 17.7 Å². The van der Waals surface area contributed by atoms with Crippen LogP contribution in [0.2, 0.25) is 0 Å². The Morgan fingerprint density at radius 3 is 2.58 bits per heavy atom. The van der Waals surface area contributed by atoms with Gasteiger partial charge in [0.05, 0.1) is 12.5 Å². The molecule has 1 aromatic heterocycles. The predicted octanol–water partition coefficient (Wildman–Crippen LogP) is 1.21. The van der Waals surface area contributed by atoms with E-state index in [0.717, 1.165) is 5.56 Å². The van der Waals surface area contributed by atoms with Gasteiger partial charge in [0.1, 0.15) is 0 Å². The van der Waals surface area contributed by atoms with Crippen LogP contribution in [0.25, 0.3) is 0 Å². The SMILES string of the molecule is CCOC(=O)[C@H](CNC(=O)c1nccnc1N)Cc1ccccc1. The van der Waals surface area contributed by atoms with Gasteiger partial charge >= 0.3 is 5.97 Å². The van der Waals surface area contributed by atoms with Gasteiger partial charge < -0.3 is 15.8 Å². The molecule has 0 saturated heterocycles. The fourth-order valence-corrected chi connectivity index (χ4v) is 2.22. The fourth-order valence-electron chi connectivity index (χ4n) is 2.22. The van der Waals surface area contributed by atoms with E-state index < -0.39 is 11.8 Å². The zero-order chi connectivity index (χ0) is 17.4. The number of anilines is 1. The molecule has 0 aliphatic heterocycles. The Kier molecular flexibility index (Phi) is 6.24. The maximum atomic E-state index is 12.2. The summed E-state index contributed by atoms with van der Waals surface area (Å²) in [5, 5.41) is 2.68. The number of amides is 1. The second kappa shape index (κ2) is 8.61. The highest BCUT2D eigenvalue weighted by Crippen LogP contribution is 2.11. The molecule has 1 amide bonds. The second-order valence-electron chi connectivity index (χ2n) is 5.14. The summed E-state index contributed by atoms with van der Waals surface area (Å²) in [5.74, 6) is -1.27. The molecule has 1 aromatic carbocycles. The number of nitrogens with two attached hydrogens (primary N) is 1. The van der Waals surface area contributed by atoms with Gasteiger partial charge in [-0.2, -0.15) is 0 Å². The van der Waals surface area contributed by atoms with Crippen LogP contribution in [-0.4, -0.2) is 35.0 Å². The Morgan fingerprint density at radius 1 is 1.21 bits per heavy atom. The van der Waals surface area contributed by atoms with Gasteiger partial charge in [0, 0.05) is 18.9 Å². The number of nitrogens with one attached hydrogen (secondary N) is 1. The average Bonchev–Trinajstić information content (AvgIpc) is 2.59. The van der Waals surface area contributed by atoms with E-state index in [1.165, 1.54) is 12.4 Å². The Balaban J connectivity index is 2.04. The van der Waals surface area contributed by atoms with E-state index in [0.29, 0.717) is 6.42 Å². The van der Waals surface area contributed by atoms with E-state index in [-0.39, 0.29) is 30.6 Å². The van der Waals surface area contributed by atoms with E-state index in [1.54, 1.807) is 6.92 Å². The molecule has 1 atom stereocenters. The number of rotatable bonds is 7. The molecule has 0 radical (unpaired) electrons. The van der Waals surface area contributed by atoms with Crippen LogP contribution >= 0.6 is 0 Å². The molecular formula is C17H20N4O3. The molecule has 2 rings (SSSR count). The summed E-state index contributed by atoms with van der Waals surface area (Å²) in [7, 11) is 0. The third kappa shape index (κ3) is 4.77. The molecule has 126 valence electrons. The van der Waals surface area contributed by atoms with Crippen molar-refractivity contribution in [3.63, 3.8) is 0 Å². The van der Waals surface area contributed by atoms with Gasteiger partial charge in [0.2, 0.25) is 0 Å². The van der Waals surface area contributed by atoms with Crippen molar-refractivity contribution in [1.29, 1.82) is 0 Å². The average molecular weight is 328 g/mol. The van der Waals surface area contributed by atoms with Crippen molar-refractivity contribution in [2.45, 2.75) is 13.3 Å². The maximum absolute atomic E-state index is 12.2. The number of ether oxygens (including phenoxy) is 1. The number of hydrogen-bond acceptors (Lipinski definition) is 6. The molecule has 3 N–H and O–H groups in total. The zero-order valence-electron chi connectivity index (χ0n) is 13.4. The normalized spacial score (nSPS) is 11.5. The summed E-state index contributed by atoms with van der Waals surface area (Å²) < 4.78 is 5.10. The lowest BCUT2D eigenvalue weighted by Crippen LogP contribution is -2.35. The Morgan fingerprint density at radius 2 is 1.92 bits per heavy atom. The van der Waals surface area contributed by atoms with Crippen molar-refractivity contribution in [2.24, 2.45) is 5.92 Å². The standard InChI is InChI=1S/C17H20N4O3/c1-2-24-17(23)13(10-12-6-4-3-5-7-12)11-21-16(22)14-15(18)20-9-8-19-14/h3-9,13H,2,10-11H2,1H3,(H2,18,20)(H,21,22)/t13-/m0/s1. The molecule has 0 saturated carbocycles. The highest BCUT2D eigenvalue weighted by molar-refractivity contribution is 5.96. The molecule has 0 unspecified atom stereocenters. The number of carbonyl (C=O) groups excluding carboxylic acids is 2. The highest BCUT2D eigenvalue weighted by Gasteiger charge is 2.22. The van der Waals surface area contributed by atoms with Gasteiger partial charge in [-0.3, -0.25) is 9.59 Å². The van der Waals surface area contributed by atoms with Gasteiger partial charge in [-0.05, 0) is 18.9 Å². The molecular weight excluding hydrogens is 308 g/mol. The predicted molar refractivity (Wildman–Crippen MR) is 89.0 cm³/mol. The molecule has 7 heteroatoms. The van der Waals surface area contributed by atoms with Crippen LogP contribution in [-0.2, 0) is 16.0 Å². The third-order valence-corrected chi connectivity index (χ3v) is 3.40. The van der Waals surface area contributed by atoms with Crippen LogP contribution in [0.5, 0.6) is 0 Å². The van der Waals surface area contributed by atoms with E-state index >= 15 is 0 Å². The lowest BCUT2D eigenvalue weighted by Gasteiger charge is -2.16. The largest absolute Gasteiger partial charge is 0.466 e. The minimum absolute atomic E-state index is 0.0415. The minimum Gasteiger partial charge on any atom is -0.466 e. The van der Waals surface area contributed by atoms with Crippen molar-refractivity contribution in [3.05, 3.63) is 54.0 Å². The monoisotopic (exact) mass is 328 g/mol. The molecule has 24 heavy (non-hydrogen) atoms. The molecule has 0 fully saturated rings. The number of esters is 1. The number of nitrogens with zero attached hydrogens (tertiary/aromatic N) is 2. The summed E-state index contributed by atoms with van der Waals surface area (Å²) >= 11 is 0. The molecule has 0 aliphatic rings. The first-order valence-corrected chi connectivity index (χ1v) is 7.67.